The molecule has 0 bridgehead atoms. The van der Waals surface area contributed by atoms with Crippen LogP contribution in [0.4, 0.5) is 0 Å². The first-order chi connectivity index (χ1) is 10.1. The van der Waals surface area contributed by atoms with Gasteiger partial charge in [-0.05, 0) is 37.0 Å². The van der Waals surface area contributed by atoms with Gasteiger partial charge < -0.3 is 9.47 Å². The Kier molecular flexibility index (Phi) is 3.68. The van der Waals surface area contributed by atoms with Gasteiger partial charge >= 0.3 is 5.97 Å². The van der Waals surface area contributed by atoms with Crippen molar-refractivity contribution in [3.8, 4) is 11.5 Å². The first kappa shape index (κ1) is 14.1. The summed E-state index contributed by atoms with van der Waals surface area (Å²) in [6.07, 6.45) is 1.51. The van der Waals surface area contributed by atoms with Crippen LogP contribution in [0.1, 0.15) is 34.7 Å². The average molecular weight is 303 g/mol. The third-order valence-electron chi connectivity index (χ3n) is 3.76. The van der Waals surface area contributed by atoms with Crippen LogP contribution < -0.4 is 9.47 Å². The van der Waals surface area contributed by atoms with Gasteiger partial charge in [0.05, 0.1) is 17.8 Å². The summed E-state index contributed by atoms with van der Waals surface area (Å²) in [7, 11) is 1.63. The van der Waals surface area contributed by atoms with E-state index in [0.29, 0.717) is 12.2 Å². The molecule has 3 rings (SSSR count). The molecule has 0 amide bonds. The van der Waals surface area contributed by atoms with Crippen LogP contribution in [0.3, 0.4) is 0 Å². The molecule has 0 N–H and O–H groups in total. The van der Waals surface area contributed by atoms with Crippen LogP contribution in [0, 0.1) is 6.92 Å². The summed E-state index contributed by atoms with van der Waals surface area (Å²) < 4.78 is 10.8. The Bertz CT molecular complexity index is 693. The topological polar surface area (TPSA) is 48.4 Å². The van der Waals surface area contributed by atoms with Crippen LogP contribution in [-0.2, 0) is 17.6 Å². The van der Waals surface area contributed by atoms with Gasteiger partial charge in [0.2, 0.25) is 0 Å². The predicted molar refractivity (Wildman–Crippen MR) is 81.3 cm³/mol. The zero-order valence-electron chi connectivity index (χ0n) is 12.3. The fourth-order valence-electron chi connectivity index (χ4n) is 2.63. The summed E-state index contributed by atoms with van der Waals surface area (Å²) in [5.41, 5.74) is 2.98. The molecule has 2 aromatic rings. The van der Waals surface area contributed by atoms with Gasteiger partial charge in [0.15, 0.2) is 0 Å². The maximum absolute atomic E-state index is 12.2. The van der Waals surface area contributed by atoms with E-state index in [1.54, 1.807) is 18.4 Å². The number of benzene rings is 1. The fourth-order valence-corrected chi connectivity index (χ4v) is 3.29. The van der Waals surface area contributed by atoms with Crippen LogP contribution in [0.2, 0.25) is 0 Å². The van der Waals surface area contributed by atoms with Crippen molar-refractivity contribution in [2.45, 2.75) is 32.6 Å². The lowest BCUT2D eigenvalue weighted by molar-refractivity contribution is -0.137. The van der Waals surface area contributed by atoms with Crippen molar-refractivity contribution in [3.63, 3.8) is 0 Å². The van der Waals surface area contributed by atoms with Crippen LogP contribution >= 0.6 is 11.3 Å². The van der Waals surface area contributed by atoms with E-state index >= 15 is 0 Å². The van der Waals surface area contributed by atoms with Crippen LogP contribution in [0.15, 0.2) is 17.5 Å². The van der Waals surface area contributed by atoms with Gasteiger partial charge in [-0.3, -0.25) is 4.79 Å². The minimum Gasteiger partial charge on any atom is -0.496 e. The van der Waals surface area contributed by atoms with Crippen LogP contribution in [-0.4, -0.2) is 18.1 Å². The van der Waals surface area contributed by atoms with Crippen molar-refractivity contribution < 1.29 is 14.3 Å². The minimum atomic E-state index is -0.305. The molecule has 1 aromatic heterocycles. The second-order valence-corrected chi connectivity index (χ2v) is 6.16. The van der Waals surface area contributed by atoms with E-state index in [2.05, 4.69) is 18.0 Å². The summed E-state index contributed by atoms with van der Waals surface area (Å²) in [4.78, 5) is 16.6. The van der Waals surface area contributed by atoms with Crippen molar-refractivity contribution in [1.82, 2.24) is 4.98 Å². The summed E-state index contributed by atoms with van der Waals surface area (Å²) >= 11 is 1.56. The maximum atomic E-state index is 12.2. The average Bonchev–Trinajstić information content (AvgIpc) is 2.91. The summed E-state index contributed by atoms with van der Waals surface area (Å²) in [6, 6.07) is 3.89. The normalized spacial score (nSPS) is 17.3. The lowest BCUT2D eigenvalue weighted by Crippen LogP contribution is -2.26. The Hall–Kier alpha value is -1.88. The number of esters is 1. The number of aromatic nitrogens is 1. The highest BCUT2D eigenvalue weighted by atomic mass is 32.1. The second-order valence-electron chi connectivity index (χ2n) is 5.09. The highest BCUT2D eigenvalue weighted by Crippen LogP contribution is 2.37. The molecule has 0 radical (unpaired) electrons. The van der Waals surface area contributed by atoms with E-state index in [1.807, 2.05) is 18.4 Å². The Morgan fingerprint density at radius 3 is 2.90 bits per heavy atom. The van der Waals surface area contributed by atoms with Crippen molar-refractivity contribution in [2.75, 3.05) is 7.11 Å². The molecule has 2 heterocycles. The van der Waals surface area contributed by atoms with Crippen molar-refractivity contribution in [1.29, 1.82) is 0 Å². The standard InChI is InChI=1S/C16H17NO3S/c1-4-10-5-11-6-12(13-8-21-9(2)17-13)16(18)20-15(11)7-14(10)19-3/h5,7-8,12H,4,6H2,1-3H3. The summed E-state index contributed by atoms with van der Waals surface area (Å²) in [5.74, 6) is 0.837. The third kappa shape index (κ3) is 2.53. The van der Waals surface area contributed by atoms with Gasteiger partial charge in [0, 0.05) is 11.4 Å². The van der Waals surface area contributed by atoms with E-state index in [0.717, 1.165) is 34.0 Å². The van der Waals surface area contributed by atoms with E-state index in [9.17, 15) is 4.79 Å². The largest absolute Gasteiger partial charge is 0.496 e. The molecular weight excluding hydrogens is 286 g/mol. The molecule has 0 saturated heterocycles. The summed E-state index contributed by atoms with van der Waals surface area (Å²) in [5, 5.41) is 2.91. The quantitative estimate of drug-likeness (QED) is 0.645. The Balaban J connectivity index is 1.98. The Labute approximate surface area is 127 Å². The number of carbonyl (C=O) groups is 1. The van der Waals surface area contributed by atoms with Crippen molar-refractivity contribution in [2.24, 2.45) is 0 Å². The predicted octanol–water partition coefficient (Wildman–Crippen LogP) is 3.27. The molecule has 0 spiro atoms. The number of ether oxygens (including phenoxy) is 2. The zero-order valence-corrected chi connectivity index (χ0v) is 13.1. The molecule has 5 heteroatoms. The number of nitrogens with zero attached hydrogens (tertiary/aromatic N) is 1. The van der Waals surface area contributed by atoms with Gasteiger partial charge in [-0.15, -0.1) is 11.3 Å². The third-order valence-corrected chi connectivity index (χ3v) is 4.55. The molecule has 21 heavy (non-hydrogen) atoms. The van der Waals surface area contributed by atoms with Gasteiger partial charge in [0.1, 0.15) is 17.4 Å². The van der Waals surface area contributed by atoms with Crippen molar-refractivity contribution in [3.05, 3.63) is 39.3 Å². The monoisotopic (exact) mass is 303 g/mol. The summed E-state index contributed by atoms with van der Waals surface area (Å²) in [6.45, 7) is 4.02. The molecule has 1 aliphatic rings. The fraction of sp³-hybridized carbons (Fsp3) is 0.375. The van der Waals surface area contributed by atoms with Gasteiger partial charge in [-0.1, -0.05) is 6.92 Å². The molecule has 0 aliphatic carbocycles. The van der Waals surface area contributed by atoms with Crippen LogP contribution in [0.5, 0.6) is 11.5 Å². The maximum Gasteiger partial charge on any atom is 0.320 e. The van der Waals surface area contributed by atoms with E-state index in [1.165, 1.54) is 0 Å². The molecule has 1 unspecified atom stereocenters. The molecule has 4 nitrogen and oxygen atoms in total. The molecule has 0 saturated carbocycles. The van der Waals surface area contributed by atoms with Crippen LogP contribution in [0.25, 0.3) is 0 Å². The van der Waals surface area contributed by atoms with Crippen molar-refractivity contribution >= 4 is 17.3 Å². The number of fused-ring (bicyclic) bond motifs is 1. The number of carbonyl (C=O) groups excluding carboxylic acids is 1. The lowest BCUT2D eigenvalue weighted by atomic mass is 9.92. The zero-order chi connectivity index (χ0) is 15.0. The smallest absolute Gasteiger partial charge is 0.320 e. The number of hydrogen-bond acceptors (Lipinski definition) is 5. The number of methoxy groups -OCH3 is 1. The van der Waals surface area contributed by atoms with Gasteiger partial charge in [-0.25, -0.2) is 4.98 Å². The molecule has 0 fully saturated rings. The molecular formula is C16H17NO3S. The number of rotatable bonds is 3. The Morgan fingerprint density at radius 1 is 1.48 bits per heavy atom. The minimum absolute atomic E-state index is 0.237. The lowest BCUT2D eigenvalue weighted by Gasteiger charge is -2.23. The molecule has 110 valence electrons. The second kappa shape index (κ2) is 5.48. The van der Waals surface area contributed by atoms with E-state index in [-0.39, 0.29) is 11.9 Å². The highest BCUT2D eigenvalue weighted by molar-refractivity contribution is 7.09. The molecule has 1 aliphatic heterocycles. The first-order valence-corrected chi connectivity index (χ1v) is 7.83. The number of aryl methyl sites for hydroxylation is 2. The van der Waals surface area contributed by atoms with E-state index in [4.69, 9.17) is 9.47 Å². The molecule has 1 aromatic carbocycles. The number of hydrogen-bond donors (Lipinski definition) is 0. The SMILES string of the molecule is CCc1cc2c(cc1OC)OC(=O)C(c1csc(C)n1)C2. The number of thiazole rings is 1. The van der Waals surface area contributed by atoms with Gasteiger partial charge in [0.25, 0.3) is 0 Å². The van der Waals surface area contributed by atoms with E-state index < -0.39 is 0 Å². The first-order valence-electron chi connectivity index (χ1n) is 6.95. The van der Waals surface area contributed by atoms with Gasteiger partial charge in [-0.2, -0.15) is 0 Å². The highest BCUT2D eigenvalue weighted by Gasteiger charge is 2.32. The molecule has 1 atom stereocenters. The Morgan fingerprint density at radius 2 is 2.29 bits per heavy atom.